The maximum absolute atomic E-state index is 12.1. The van der Waals surface area contributed by atoms with Crippen molar-refractivity contribution in [2.45, 2.75) is 46.2 Å². The Balaban J connectivity index is 0.00000529. The molecule has 0 saturated carbocycles. The van der Waals surface area contributed by atoms with Crippen LogP contribution in [-0.2, 0) is 0 Å². The van der Waals surface area contributed by atoms with Crippen LogP contribution >= 0.6 is 24.0 Å². The van der Waals surface area contributed by atoms with Gasteiger partial charge in [-0.15, -0.1) is 24.0 Å². The molecule has 0 amide bonds. The van der Waals surface area contributed by atoms with Gasteiger partial charge in [-0.2, -0.15) is 13.2 Å². The van der Waals surface area contributed by atoms with Crippen LogP contribution in [0.2, 0.25) is 0 Å². The molecule has 24 heavy (non-hydrogen) atoms. The van der Waals surface area contributed by atoms with Crippen molar-refractivity contribution < 1.29 is 13.2 Å². The Labute approximate surface area is 161 Å². The lowest BCUT2D eigenvalue weighted by Gasteiger charge is -2.37. The van der Waals surface area contributed by atoms with Crippen molar-refractivity contribution in [2.24, 2.45) is 10.9 Å². The quantitative estimate of drug-likeness (QED) is 0.271. The number of hydrogen-bond acceptors (Lipinski definition) is 2. The third-order valence-corrected chi connectivity index (χ3v) is 3.76. The number of nitrogens with zero attached hydrogens (tertiary/aromatic N) is 3. The molecule has 1 N–H and O–H groups in total. The summed E-state index contributed by atoms with van der Waals surface area (Å²) in [6.45, 7) is 12.6. The number of unbranched alkanes of at least 4 members (excludes halogenated alkanes) is 1. The maximum atomic E-state index is 12.1. The molecule has 4 nitrogen and oxygen atoms in total. The predicted octanol–water partition coefficient (Wildman–Crippen LogP) is 3.58. The fraction of sp³-hybridized carbons (Fsp3) is 0.938. The van der Waals surface area contributed by atoms with Crippen molar-refractivity contribution in [1.82, 2.24) is 15.1 Å². The fourth-order valence-corrected chi connectivity index (χ4v) is 2.71. The van der Waals surface area contributed by atoms with Gasteiger partial charge >= 0.3 is 6.18 Å². The van der Waals surface area contributed by atoms with Crippen molar-refractivity contribution in [2.75, 3.05) is 45.8 Å². The van der Waals surface area contributed by atoms with Crippen molar-refractivity contribution in [1.29, 1.82) is 0 Å². The monoisotopic (exact) mass is 464 g/mol. The molecule has 0 aromatic heterocycles. The van der Waals surface area contributed by atoms with Crippen molar-refractivity contribution in [3.63, 3.8) is 0 Å². The lowest BCUT2D eigenvalue weighted by atomic mass is 10.2. The van der Waals surface area contributed by atoms with E-state index in [4.69, 9.17) is 0 Å². The van der Waals surface area contributed by atoms with Crippen molar-refractivity contribution in [3.8, 4) is 0 Å². The molecular weight excluding hydrogens is 432 g/mol. The lowest BCUT2D eigenvalue weighted by Crippen LogP contribution is -2.53. The molecule has 0 unspecified atom stereocenters. The van der Waals surface area contributed by atoms with Gasteiger partial charge in [0.25, 0.3) is 0 Å². The highest BCUT2D eigenvalue weighted by Crippen LogP contribution is 2.22. The number of rotatable bonds is 7. The largest absolute Gasteiger partial charge is 0.389 e. The number of alkyl halides is 3. The van der Waals surface area contributed by atoms with Crippen LogP contribution in [0, 0.1) is 5.92 Å². The molecule has 1 aliphatic rings. The molecule has 0 aromatic rings. The highest BCUT2D eigenvalue weighted by atomic mass is 127. The smallest absolute Gasteiger partial charge is 0.357 e. The number of piperazine rings is 1. The molecule has 0 aliphatic carbocycles. The zero-order valence-corrected chi connectivity index (χ0v) is 17.4. The number of nitrogens with one attached hydrogen (secondary N) is 1. The first kappa shape index (κ1) is 23.8. The minimum atomic E-state index is -4.05. The standard InChI is InChI=1S/C16H31F3N4.HI/c1-4-20-15(21-8-6-5-7-16(17,18)19)23-11-9-22(10-12-23)13-14(2)3;/h14H,4-13H2,1-3H3,(H,20,21);1H. The molecule has 1 saturated heterocycles. The second-order valence-corrected chi connectivity index (χ2v) is 6.49. The SMILES string of the molecule is CCNC(=NCCCCC(F)(F)F)N1CCN(CC(C)C)CC1.I. The summed E-state index contributed by atoms with van der Waals surface area (Å²) in [5.41, 5.74) is 0. The van der Waals surface area contributed by atoms with Crippen LogP contribution in [0.15, 0.2) is 4.99 Å². The fourth-order valence-electron chi connectivity index (χ4n) is 2.71. The minimum absolute atomic E-state index is 0. The Hall–Kier alpha value is -0.250. The summed E-state index contributed by atoms with van der Waals surface area (Å²) in [6.07, 6.45) is -4.15. The van der Waals surface area contributed by atoms with Crippen molar-refractivity contribution in [3.05, 3.63) is 0 Å². The van der Waals surface area contributed by atoms with Gasteiger partial charge in [0.15, 0.2) is 5.96 Å². The second kappa shape index (κ2) is 12.2. The van der Waals surface area contributed by atoms with E-state index in [1.165, 1.54) is 0 Å². The van der Waals surface area contributed by atoms with Gasteiger partial charge < -0.3 is 10.2 Å². The van der Waals surface area contributed by atoms with E-state index in [0.717, 1.165) is 45.2 Å². The highest BCUT2D eigenvalue weighted by Gasteiger charge is 2.25. The molecule has 1 heterocycles. The number of guanidine groups is 1. The first-order valence-corrected chi connectivity index (χ1v) is 8.64. The Kier molecular flexibility index (Phi) is 12.0. The molecule has 144 valence electrons. The molecule has 0 aromatic carbocycles. The van der Waals surface area contributed by atoms with Gasteiger partial charge in [-0.05, 0) is 25.7 Å². The Morgan fingerprint density at radius 3 is 2.25 bits per heavy atom. The summed E-state index contributed by atoms with van der Waals surface area (Å²) in [6, 6.07) is 0. The predicted molar refractivity (Wildman–Crippen MR) is 104 cm³/mol. The minimum Gasteiger partial charge on any atom is -0.357 e. The van der Waals surface area contributed by atoms with E-state index in [1.807, 2.05) is 6.92 Å². The van der Waals surface area contributed by atoms with E-state index in [-0.39, 0.29) is 30.4 Å². The van der Waals surface area contributed by atoms with Crippen molar-refractivity contribution >= 4 is 29.9 Å². The summed E-state index contributed by atoms with van der Waals surface area (Å²) in [4.78, 5) is 9.15. The van der Waals surface area contributed by atoms with Gasteiger partial charge in [-0.25, -0.2) is 0 Å². The molecule has 1 rings (SSSR count). The molecule has 1 aliphatic heterocycles. The molecule has 0 spiro atoms. The van der Waals surface area contributed by atoms with Gasteiger partial charge in [0.05, 0.1) is 0 Å². The van der Waals surface area contributed by atoms with E-state index in [9.17, 15) is 13.2 Å². The van der Waals surface area contributed by atoms with Crippen LogP contribution in [0.4, 0.5) is 13.2 Å². The lowest BCUT2D eigenvalue weighted by molar-refractivity contribution is -0.135. The third-order valence-electron chi connectivity index (χ3n) is 3.76. The zero-order chi connectivity index (χ0) is 17.3. The van der Waals surface area contributed by atoms with Crippen LogP contribution in [0.5, 0.6) is 0 Å². The van der Waals surface area contributed by atoms with Crippen LogP contribution < -0.4 is 5.32 Å². The molecule has 1 fully saturated rings. The molecular formula is C16H32F3IN4. The highest BCUT2D eigenvalue weighted by molar-refractivity contribution is 14.0. The summed E-state index contributed by atoms with van der Waals surface area (Å²) >= 11 is 0. The molecule has 0 atom stereocenters. The Morgan fingerprint density at radius 1 is 1.12 bits per heavy atom. The van der Waals surface area contributed by atoms with Crippen LogP contribution in [-0.4, -0.2) is 67.7 Å². The summed E-state index contributed by atoms with van der Waals surface area (Å²) in [5, 5.41) is 3.25. The second-order valence-electron chi connectivity index (χ2n) is 6.49. The number of hydrogen-bond donors (Lipinski definition) is 1. The first-order chi connectivity index (χ1) is 10.8. The molecule has 0 radical (unpaired) electrons. The molecule has 0 bridgehead atoms. The van der Waals surface area contributed by atoms with Gasteiger partial charge in [0.2, 0.25) is 0 Å². The van der Waals surface area contributed by atoms with Gasteiger partial charge in [-0.1, -0.05) is 13.8 Å². The van der Waals surface area contributed by atoms with E-state index in [0.29, 0.717) is 18.9 Å². The summed E-state index contributed by atoms with van der Waals surface area (Å²) in [5.74, 6) is 1.50. The van der Waals surface area contributed by atoms with E-state index >= 15 is 0 Å². The van der Waals surface area contributed by atoms with Gasteiger partial charge in [-0.3, -0.25) is 9.89 Å². The summed E-state index contributed by atoms with van der Waals surface area (Å²) < 4.78 is 36.4. The van der Waals surface area contributed by atoms with E-state index < -0.39 is 12.6 Å². The third kappa shape index (κ3) is 10.6. The average molecular weight is 464 g/mol. The molecule has 8 heteroatoms. The normalized spacial score (nSPS) is 17.1. The Bertz CT molecular complexity index is 354. The van der Waals surface area contributed by atoms with Crippen LogP contribution in [0.3, 0.4) is 0 Å². The number of aliphatic imine (C=N–C) groups is 1. The first-order valence-electron chi connectivity index (χ1n) is 8.64. The average Bonchev–Trinajstić information content (AvgIpc) is 2.45. The summed E-state index contributed by atoms with van der Waals surface area (Å²) in [7, 11) is 0. The van der Waals surface area contributed by atoms with Crippen LogP contribution in [0.25, 0.3) is 0 Å². The number of halogens is 4. The Morgan fingerprint density at radius 2 is 1.75 bits per heavy atom. The van der Waals surface area contributed by atoms with E-state index in [1.54, 1.807) is 0 Å². The van der Waals surface area contributed by atoms with Gasteiger partial charge in [0.1, 0.15) is 0 Å². The van der Waals surface area contributed by atoms with Crippen LogP contribution in [0.1, 0.15) is 40.0 Å². The topological polar surface area (TPSA) is 30.9 Å². The maximum Gasteiger partial charge on any atom is 0.389 e. The van der Waals surface area contributed by atoms with E-state index in [2.05, 4.69) is 34.0 Å². The zero-order valence-electron chi connectivity index (χ0n) is 15.0. The van der Waals surface area contributed by atoms with Gasteiger partial charge in [0, 0.05) is 52.2 Å².